The molecular formula is C26H27F6N3O4Si. The van der Waals surface area contributed by atoms with Gasteiger partial charge in [0.05, 0.1) is 6.61 Å². The van der Waals surface area contributed by atoms with Crippen molar-refractivity contribution in [1.82, 2.24) is 15.3 Å². The Morgan fingerprint density at radius 2 is 1.32 bits per heavy atom. The SMILES string of the molecule is C[Si](C)(C)CCOC(=O)NC(Cc1ncccn1)(c1cccc(OC(F)(F)F)c1)c1cccc(OC(F)(F)F)c1. The van der Waals surface area contributed by atoms with Crippen LogP contribution in [0.2, 0.25) is 25.7 Å². The van der Waals surface area contributed by atoms with Gasteiger partial charge in [0.2, 0.25) is 0 Å². The molecule has 2 aromatic carbocycles. The van der Waals surface area contributed by atoms with Crippen LogP contribution in [0, 0.1) is 0 Å². The third-order valence-corrected chi connectivity index (χ3v) is 7.27. The van der Waals surface area contributed by atoms with Crippen LogP contribution in [0.15, 0.2) is 67.0 Å². The molecule has 0 aliphatic carbocycles. The van der Waals surface area contributed by atoms with Gasteiger partial charge in [-0.2, -0.15) is 0 Å². The number of hydrogen-bond donors (Lipinski definition) is 1. The van der Waals surface area contributed by atoms with Gasteiger partial charge in [0.15, 0.2) is 0 Å². The Hall–Kier alpha value is -3.81. The number of carbonyl (C=O) groups excluding carboxylic acids is 1. The molecule has 0 saturated carbocycles. The van der Waals surface area contributed by atoms with Crippen molar-refractivity contribution in [2.75, 3.05) is 6.61 Å². The minimum Gasteiger partial charge on any atom is -0.450 e. The number of benzene rings is 2. The number of nitrogens with zero attached hydrogens (tertiary/aromatic N) is 2. The van der Waals surface area contributed by atoms with Crippen molar-refractivity contribution in [3.05, 3.63) is 83.9 Å². The summed E-state index contributed by atoms with van der Waals surface area (Å²) in [5.74, 6) is -1.09. The zero-order valence-electron chi connectivity index (χ0n) is 21.8. The largest absolute Gasteiger partial charge is 0.573 e. The fraction of sp³-hybridized carbons (Fsp3) is 0.346. The van der Waals surface area contributed by atoms with Gasteiger partial charge in [0, 0.05) is 26.9 Å². The van der Waals surface area contributed by atoms with Crippen LogP contribution in [-0.2, 0) is 16.7 Å². The van der Waals surface area contributed by atoms with Crippen LogP contribution in [0.1, 0.15) is 17.0 Å². The topological polar surface area (TPSA) is 82.6 Å². The lowest BCUT2D eigenvalue weighted by atomic mass is 9.79. The second-order valence-corrected chi connectivity index (χ2v) is 15.6. The van der Waals surface area contributed by atoms with Crippen molar-refractivity contribution in [2.24, 2.45) is 0 Å². The molecule has 1 aromatic heterocycles. The van der Waals surface area contributed by atoms with E-state index in [9.17, 15) is 31.1 Å². The van der Waals surface area contributed by atoms with Crippen LogP contribution >= 0.6 is 0 Å². The van der Waals surface area contributed by atoms with Crippen molar-refractivity contribution in [3.8, 4) is 11.5 Å². The molecule has 0 fully saturated rings. The molecule has 1 amide bonds. The third-order valence-electron chi connectivity index (χ3n) is 5.56. The van der Waals surface area contributed by atoms with Crippen LogP contribution in [0.5, 0.6) is 11.5 Å². The van der Waals surface area contributed by atoms with Gasteiger partial charge in [-0.05, 0) is 47.5 Å². The van der Waals surface area contributed by atoms with Crippen molar-refractivity contribution in [1.29, 1.82) is 0 Å². The number of hydrogen-bond acceptors (Lipinski definition) is 6. The number of nitrogens with one attached hydrogen (secondary N) is 1. The van der Waals surface area contributed by atoms with Crippen LogP contribution in [0.4, 0.5) is 31.1 Å². The van der Waals surface area contributed by atoms with E-state index in [-0.39, 0.29) is 30.0 Å². The average molecular weight is 588 g/mol. The fourth-order valence-electron chi connectivity index (χ4n) is 3.80. The molecule has 40 heavy (non-hydrogen) atoms. The molecular weight excluding hydrogens is 560 g/mol. The molecule has 0 bridgehead atoms. The predicted octanol–water partition coefficient (Wildman–Crippen LogP) is 6.82. The summed E-state index contributed by atoms with van der Waals surface area (Å²) in [6.07, 6.45) is -8.45. The van der Waals surface area contributed by atoms with E-state index in [0.717, 1.165) is 24.3 Å². The molecule has 7 nitrogen and oxygen atoms in total. The first-order valence-electron chi connectivity index (χ1n) is 12.0. The zero-order chi connectivity index (χ0) is 29.6. The molecule has 0 atom stereocenters. The van der Waals surface area contributed by atoms with Crippen LogP contribution < -0.4 is 14.8 Å². The standard InChI is InChI=1S/C26H27F6N3O4Si/c1-40(2,3)14-13-37-23(36)35-24(17-22-33-11-6-12-34-22,18-7-4-9-20(15-18)38-25(27,28)29)19-8-5-10-21(16-19)39-26(30,31)32/h4-12,15-16H,13-14,17H2,1-3H3,(H,35,36). The summed E-state index contributed by atoms with van der Waals surface area (Å²) < 4.78 is 91.8. The van der Waals surface area contributed by atoms with E-state index in [1.807, 2.05) is 0 Å². The normalized spacial score (nSPS) is 12.5. The summed E-state index contributed by atoms with van der Waals surface area (Å²) in [6, 6.07) is 11.6. The van der Waals surface area contributed by atoms with Crippen LogP contribution in [0.3, 0.4) is 0 Å². The Morgan fingerprint density at radius 1 is 0.825 bits per heavy atom. The zero-order valence-corrected chi connectivity index (χ0v) is 22.8. The Labute approximate surface area is 227 Å². The van der Waals surface area contributed by atoms with Gasteiger partial charge in [-0.1, -0.05) is 43.9 Å². The number of halogens is 6. The van der Waals surface area contributed by atoms with Crippen molar-refractivity contribution in [2.45, 2.75) is 50.4 Å². The van der Waals surface area contributed by atoms with Gasteiger partial charge < -0.3 is 19.5 Å². The molecule has 0 radical (unpaired) electrons. The highest BCUT2D eigenvalue weighted by Crippen LogP contribution is 2.38. The van der Waals surface area contributed by atoms with Gasteiger partial charge in [-0.25, -0.2) is 14.8 Å². The maximum absolute atomic E-state index is 13.1. The number of aromatic nitrogens is 2. The number of carbonyl (C=O) groups is 1. The van der Waals surface area contributed by atoms with Crippen molar-refractivity contribution < 1.29 is 45.3 Å². The van der Waals surface area contributed by atoms with E-state index in [1.54, 1.807) is 0 Å². The first-order valence-corrected chi connectivity index (χ1v) is 15.7. The van der Waals surface area contributed by atoms with E-state index in [1.165, 1.54) is 42.7 Å². The number of alkyl carbamates (subject to hydrolysis) is 1. The minimum absolute atomic E-state index is 0.0352. The number of amides is 1. The van der Waals surface area contributed by atoms with Gasteiger partial charge in [-0.3, -0.25) is 0 Å². The molecule has 0 spiro atoms. The lowest BCUT2D eigenvalue weighted by Gasteiger charge is -2.36. The Morgan fingerprint density at radius 3 is 1.77 bits per heavy atom. The molecule has 0 saturated heterocycles. The molecule has 0 unspecified atom stereocenters. The van der Waals surface area contributed by atoms with Crippen molar-refractivity contribution >= 4 is 14.2 Å². The first kappa shape index (κ1) is 30.7. The third kappa shape index (κ3) is 9.43. The van der Waals surface area contributed by atoms with E-state index >= 15 is 0 Å². The first-order chi connectivity index (χ1) is 18.5. The highest BCUT2D eigenvalue weighted by molar-refractivity contribution is 6.76. The maximum atomic E-state index is 13.1. The minimum atomic E-state index is -5.02. The summed E-state index contributed by atoms with van der Waals surface area (Å²) in [6.45, 7) is 6.28. The van der Waals surface area contributed by atoms with E-state index in [2.05, 4.69) is 44.4 Å². The second-order valence-electron chi connectivity index (χ2n) is 9.97. The molecule has 3 aromatic rings. The second kappa shape index (κ2) is 12.1. The molecule has 0 aliphatic rings. The van der Waals surface area contributed by atoms with Gasteiger partial charge in [0.1, 0.15) is 22.9 Å². The molecule has 1 heterocycles. The lowest BCUT2D eigenvalue weighted by Crippen LogP contribution is -2.49. The average Bonchev–Trinajstić information content (AvgIpc) is 2.81. The summed E-state index contributed by atoms with van der Waals surface area (Å²) in [4.78, 5) is 21.4. The maximum Gasteiger partial charge on any atom is 0.573 e. The lowest BCUT2D eigenvalue weighted by molar-refractivity contribution is -0.275. The fourth-order valence-corrected chi connectivity index (χ4v) is 4.51. The van der Waals surface area contributed by atoms with E-state index < -0.39 is 43.9 Å². The Kier molecular flexibility index (Phi) is 9.33. The monoisotopic (exact) mass is 587 g/mol. The molecule has 0 aliphatic heterocycles. The van der Waals surface area contributed by atoms with E-state index in [4.69, 9.17) is 4.74 Å². The highest BCUT2D eigenvalue weighted by Gasteiger charge is 2.40. The predicted molar refractivity (Wildman–Crippen MR) is 135 cm³/mol. The number of alkyl halides is 6. The summed E-state index contributed by atoms with van der Waals surface area (Å²) in [7, 11) is -1.60. The van der Waals surface area contributed by atoms with Crippen molar-refractivity contribution in [3.63, 3.8) is 0 Å². The van der Waals surface area contributed by atoms with Crippen LogP contribution in [0.25, 0.3) is 0 Å². The Balaban J connectivity index is 2.18. The van der Waals surface area contributed by atoms with Gasteiger partial charge in [-0.15, -0.1) is 26.3 Å². The Bertz CT molecular complexity index is 1220. The quantitative estimate of drug-likeness (QED) is 0.207. The molecule has 1 N–H and O–H groups in total. The number of ether oxygens (including phenoxy) is 3. The molecule has 3 rings (SSSR count). The van der Waals surface area contributed by atoms with Gasteiger partial charge in [0.25, 0.3) is 0 Å². The smallest absolute Gasteiger partial charge is 0.450 e. The number of rotatable bonds is 10. The highest BCUT2D eigenvalue weighted by atomic mass is 28.3. The summed E-state index contributed by atoms with van der Waals surface area (Å²) >= 11 is 0. The van der Waals surface area contributed by atoms with Crippen LogP contribution in [-0.4, -0.2) is 43.5 Å². The van der Waals surface area contributed by atoms with Gasteiger partial charge >= 0.3 is 18.8 Å². The molecule has 216 valence electrons. The summed E-state index contributed by atoms with van der Waals surface area (Å²) in [5, 5.41) is 2.68. The summed E-state index contributed by atoms with van der Waals surface area (Å²) in [5.41, 5.74) is -1.74. The van der Waals surface area contributed by atoms with E-state index in [0.29, 0.717) is 6.04 Å². The molecule has 14 heteroatoms.